The normalized spacial score (nSPS) is 0. The Morgan fingerprint density at radius 1 is 0.100 bits per heavy atom. The Bertz CT molecular complexity index is 74.2. The van der Waals surface area contributed by atoms with Crippen molar-refractivity contribution in [3.05, 3.63) is 0 Å². The first-order chi connectivity index (χ1) is 0. The van der Waals surface area contributed by atoms with E-state index in [4.69, 9.17) is 0 Å². The molecule has 0 rings (SSSR count). The van der Waals surface area contributed by atoms with Crippen molar-refractivity contribution in [3.8, 4) is 0 Å². The van der Waals surface area contributed by atoms with Crippen LogP contribution < -0.4 is 739 Å². The average Bonchev–Trinajstić information content (AvgIpc) is 0. The molecule has 0 heterocycles. The summed E-state index contributed by atoms with van der Waals surface area (Å²) in [6, 6.07) is 0. The molecular formula is H30Cl5Na25. The number of hydrogen-bond acceptors (Lipinski definition) is 0. The van der Waals surface area contributed by atoms with Gasteiger partial charge in [0.05, 0.1) is 0 Å². The molecule has 0 bridgehead atoms. The maximum atomic E-state index is 0. The van der Waals surface area contributed by atoms with Crippen LogP contribution in [0.15, 0.2) is 0 Å². The molecule has 0 nitrogen and oxygen atoms in total. The third-order valence-corrected chi connectivity index (χ3v) is 0. The van der Waals surface area contributed by atoms with Crippen molar-refractivity contribution in [1.82, 2.24) is 0 Å². The van der Waals surface area contributed by atoms with Crippen molar-refractivity contribution < 1.29 is 775 Å². The molecule has 0 aliphatic heterocycles. The molecule has 0 aromatic rings. The molecule has 0 aromatic carbocycles. The van der Waals surface area contributed by atoms with Crippen molar-refractivity contribution in [2.45, 2.75) is 0 Å². The SMILES string of the molecule is Cl.Cl.Cl.Cl.Cl.[H-].[H-].[H-].[H-].[H-].[H-].[H-].[H-].[H-].[H-].[H-].[H-].[H-].[H-].[H-].[H-].[H-].[H-].[H-].[H-].[H-].[H-].[H-].[H-].[H-].[Na+].[Na+].[Na+].[Na+].[Na+].[Na+].[Na+].[Na+].[Na+].[Na+].[Na+].[Na+].[Na+].[Na+].[Na+].[Na+].[Na+].[Na+].[Na+].[Na+].[Na+].[Na+].[Na+].[Na+].[Na+]. The summed E-state index contributed by atoms with van der Waals surface area (Å²) in [5, 5.41) is 0. The standard InChI is InChI=1S/5ClH.25Na.25H/h5*1H;;;;;;;;;;;;;;;;;;;;;;;;;;;;;;;;;;;;;;;;;;;;;;;;;;/q;;;;;25*+1;25*-1. The van der Waals surface area contributed by atoms with Gasteiger partial charge in [0, 0.05) is 0 Å². The van der Waals surface area contributed by atoms with Gasteiger partial charge in [-0.15, -0.1) is 62.0 Å². The van der Waals surface area contributed by atoms with Crippen LogP contribution in [0.25, 0.3) is 0 Å². The second-order valence-electron chi connectivity index (χ2n) is 0. The van der Waals surface area contributed by atoms with Crippen LogP contribution in [0.1, 0.15) is 35.7 Å². The summed E-state index contributed by atoms with van der Waals surface area (Å²) in [6.07, 6.45) is 0. The molecule has 0 atom stereocenters. The van der Waals surface area contributed by atoms with Crippen LogP contribution in [0, 0.1) is 0 Å². The summed E-state index contributed by atoms with van der Waals surface area (Å²) in [7, 11) is 0. The molecule has 0 aliphatic carbocycles. The van der Waals surface area contributed by atoms with Gasteiger partial charge >= 0.3 is 739 Å². The molecule has 30 heteroatoms. The van der Waals surface area contributed by atoms with Gasteiger partial charge in [-0.2, -0.15) is 0 Å². The van der Waals surface area contributed by atoms with E-state index < -0.39 is 0 Å². The monoisotopic (exact) mass is 780 g/mol. The van der Waals surface area contributed by atoms with Gasteiger partial charge in [0.15, 0.2) is 0 Å². The van der Waals surface area contributed by atoms with E-state index in [1.165, 1.54) is 0 Å². The molecule has 0 unspecified atom stereocenters. The molecular weight excluding hydrogens is 752 g/mol. The summed E-state index contributed by atoms with van der Waals surface area (Å²) < 4.78 is 0. The number of rotatable bonds is 0. The van der Waals surface area contributed by atoms with Crippen molar-refractivity contribution in [3.63, 3.8) is 0 Å². The molecule has 0 aliphatic rings. The van der Waals surface area contributed by atoms with E-state index >= 15 is 0 Å². The van der Waals surface area contributed by atoms with Gasteiger partial charge in [-0.05, 0) is 0 Å². The molecule has 0 N–H and O–H groups in total. The molecule has 0 aromatic heterocycles. The number of halogens is 5. The van der Waals surface area contributed by atoms with Crippen LogP contribution in [0.2, 0.25) is 0 Å². The molecule has 90 valence electrons. The summed E-state index contributed by atoms with van der Waals surface area (Å²) in [5.74, 6) is 0. The fourth-order valence-electron chi connectivity index (χ4n) is 0. The van der Waals surface area contributed by atoms with Crippen LogP contribution in [-0.2, 0) is 0 Å². The zero-order chi connectivity index (χ0) is 0. The quantitative estimate of drug-likeness (QED) is 0.215. The van der Waals surface area contributed by atoms with Gasteiger partial charge in [0.25, 0.3) is 0 Å². The summed E-state index contributed by atoms with van der Waals surface area (Å²) >= 11 is 0. The predicted molar refractivity (Wildman–Crippen MR) is 64.0 cm³/mol. The molecule has 0 amide bonds. The Labute approximate surface area is 810 Å². The third-order valence-electron chi connectivity index (χ3n) is 0. The van der Waals surface area contributed by atoms with Gasteiger partial charge in [-0.3, -0.25) is 0 Å². The van der Waals surface area contributed by atoms with Crippen LogP contribution in [0.5, 0.6) is 0 Å². The largest absolute Gasteiger partial charge is 1.00 e. The fourth-order valence-corrected chi connectivity index (χ4v) is 0. The van der Waals surface area contributed by atoms with Gasteiger partial charge in [-0.25, -0.2) is 0 Å². The zero-order valence-corrected chi connectivity index (χ0v) is 81.1. The summed E-state index contributed by atoms with van der Waals surface area (Å²) in [4.78, 5) is 0. The minimum Gasteiger partial charge on any atom is -1.00 e. The van der Waals surface area contributed by atoms with Gasteiger partial charge < -0.3 is 35.7 Å². The molecule has 30 heavy (non-hydrogen) atoms. The van der Waals surface area contributed by atoms with Crippen molar-refractivity contribution in [1.29, 1.82) is 0 Å². The molecule has 0 radical (unpaired) electrons. The van der Waals surface area contributed by atoms with Gasteiger partial charge in [0.1, 0.15) is 0 Å². The van der Waals surface area contributed by atoms with E-state index in [0.717, 1.165) is 0 Å². The second kappa shape index (κ2) is 235. The molecule has 0 spiro atoms. The average molecular weight is 782 g/mol. The number of hydrogen-bond donors (Lipinski definition) is 0. The Balaban J connectivity index is 0. The van der Waals surface area contributed by atoms with E-state index in [9.17, 15) is 0 Å². The van der Waals surface area contributed by atoms with Crippen LogP contribution >= 0.6 is 62.0 Å². The van der Waals surface area contributed by atoms with Crippen LogP contribution in [0.4, 0.5) is 0 Å². The maximum Gasteiger partial charge on any atom is 1.00 e. The maximum absolute atomic E-state index is 0. The third kappa shape index (κ3) is 222. The minimum absolute atomic E-state index is 0. The fraction of sp³-hybridized carbons (Fsp3) is 0. The van der Waals surface area contributed by atoms with Gasteiger partial charge in [0.2, 0.25) is 0 Å². The Morgan fingerprint density at radius 2 is 0.100 bits per heavy atom. The summed E-state index contributed by atoms with van der Waals surface area (Å²) in [6.45, 7) is 0. The Kier molecular flexibility index (Phi) is 1940. The van der Waals surface area contributed by atoms with E-state index in [2.05, 4.69) is 0 Å². The predicted octanol–water partition coefficient (Wildman–Crippen LogP) is -70.0. The van der Waals surface area contributed by atoms with Crippen molar-refractivity contribution in [2.24, 2.45) is 0 Å². The van der Waals surface area contributed by atoms with E-state index in [-0.39, 0.29) is 837 Å². The van der Waals surface area contributed by atoms with Crippen LogP contribution in [-0.4, -0.2) is 0 Å². The van der Waals surface area contributed by atoms with E-state index in [1.807, 2.05) is 0 Å². The molecule has 0 saturated carbocycles. The van der Waals surface area contributed by atoms with E-state index in [0.29, 0.717) is 0 Å². The topological polar surface area (TPSA) is 0 Å². The second-order valence-corrected chi connectivity index (χ2v) is 0. The minimum atomic E-state index is 0. The van der Waals surface area contributed by atoms with Crippen molar-refractivity contribution in [2.75, 3.05) is 0 Å². The summed E-state index contributed by atoms with van der Waals surface area (Å²) in [5.41, 5.74) is 0. The van der Waals surface area contributed by atoms with Gasteiger partial charge in [-0.1, -0.05) is 0 Å². The van der Waals surface area contributed by atoms with E-state index in [1.54, 1.807) is 0 Å². The first kappa shape index (κ1) is 248. The van der Waals surface area contributed by atoms with Crippen molar-refractivity contribution >= 4 is 62.0 Å². The molecule has 0 fully saturated rings. The van der Waals surface area contributed by atoms with Crippen LogP contribution in [0.3, 0.4) is 0 Å². The zero-order valence-electron chi connectivity index (χ0n) is 52.0. The smallest absolute Gasteiger partial charge is 1.00 e. The Morgan fingerprint density at radius 3 is 0.100 bits per heavy atom. The molecule has 0 saturated heterocycles. The first-order valence-corrected chi connectivity index (χ1v) is 0. The Hall–Kier alpha value is 26.4. The first-order valence-electron chi connectivity index (χ1n) is 0.